The van der Waals surface area contributed by atoms with E-state index in [9.17, 15) is 4.79 Å². The smallest absolute Gasteiger partial charge is 0.281 e. The molecule has 0 saturated carbocycles. The highest BCUT2D eigenvalue weighted by Crippen LogP contribution is 2.28. The first kappa shape index (κ1) is 19.9. The number of nitrogens with one attached hydrogen (secondary N) is 1. The third-order valence-electron chi connectivity index (χ3n) is 5.22. The number of rotatable bonds is 4. The molecule has 0 bridgehead atoms. The van der Waals surface area contributed by atoms with Gasteiger partial charge in [-0.1, -0.05) is 48.5 Å². The van der Waals surface area contributed by atoms with Crippen LogP contribution in [0.1, 0.15) is 11.3 Å². The number of carbonyl (C=O) groups excluding carboxylic acids is 1. The van der Waals surface area contributed by atoms with Crippen LogP contribution in [0.2, 0.25) is 0 Å². The van der Waals surface area contributed by atoms with Crippen molar-refractivity contribution in [2.24, 2.45) is 7.05 Å². The van der Waals surface area contributed by atoms with Crippen LogP contribution in [-0.2, 0) is 11.8 Å². The summed E-state index contributed by atoms with van der Waals surface area (Å²) >= 11 is 5.47. The number of anilines is 1. The second kappa shape index (κ2) is 7.90. The fourth-order valence-corrected chi connectivity index (χ4v) is 4.03. The molecule has 7 nitrogen and oxygen atoms in total. The lowest BCUT2D eigenvalue weighted by Crippen LogP contribution is -2.30. The highest BCUT2D eigenvalue weighted by Gasteiger charge is 2.34. The van der Waals surface area contributed by atoms with Gasteiger partial charge >= 0.3 is 0 Å². The Labute approximate surface area is 190 Å². The minimum absolute atomic E-state index is 0.224. The van der Waals surface area contributed by atoms with Crippen LogP contribution in [0.15, 0.2) is 78.8 Å². The van der Waals surface area contributed by atoms with Gasteiger partial charge in [-0.05, 0) is 37.4 Å². The molecule has 1 N–H and O–H groups in total. The number of para-hydroxylation sites is 1. The molecule has 2 aromatic carbocycles. The van der Waals surface area contributed by atoms with Crippen molar-refractivity contribution in [1.29, 1.82) is 0 Å². The Balaban J connectivity index is 1.58. The molecule has 32 heavy (non-hydrogen) atoms. The lowest BCUT2D eigenvalue weighted by atomic mass is 10.1. The standard InChI is InChI=1S/C24H20N6OS/c1-16-21(15-28(2)26-16)30-23(31)20(25-24(30)32)13-18-14-29(19-11-7-4-8-12-19)27-22(18)17-9-5-3-6-10-17/h3-15H,1-2H3,(H,25,32)/b20-13+. The highest BCUT2D eigenvalue weighted by atomic mass is 32.1. The van der Waals surface area contributed by atoms with E-state index in [1.165, 1.54) is 4.90 Å². The van der Waals surface area contributed by atoms with Gasteiger partial charge in [-0.3, -0.25) is 9.48 Å². The third-order valence-corrected chi connectivity index (χ3v) is 5.50. The fraction of sp³-hybridized carbons (Fsp3) is 0.0833. The predicted molar refractivity (Wildman–Crippen MR) is 128 cm³/mol. The first-order valence-electron chi connectivity index (χ1n) is 10.1. The molecule has 3 heterocycles. The van der Waals surface area contributed by atoms with Crippen LogP contribution >= 0.6 is 12.2 Å². The minimum atomic E-state index is -0.224. The molecular formula is C24H20N6OS. The number of thiocarbonyl (C=S) groups is 1. The zero-order valence-electron chi connectivity index (χ0n) is 17.6. The Morgan fingerprint density at radius 1 is 0.969 bits per heavy atom. The first-order chi connectivity index (χ1) is 15.5. The molecule has 0 radical (unpaired) electrons. The summed E-state index contributed by atoms with van der Waals surface area (Å²) in [5.74, 6) is -0.224. The van der Waals surface area contributed by atoms with Gasteiger partial charge in [-0.25, -0.2) is 9.58 Å². The Morgan fingerprint density at radius 2 is 1.66 bits per heavy atom. The van der Waals surface area contributed by atoms with E-state index in [0.717, 1.165) is 28.2 Å². The highest BCUT2D eigenvalue weighted by molar-refractivity contribution is 7.80. The van der Waals surface area contributed by atoms with Gasteiger partial charge in [0.1, 0.15) is 11.4 Å². The summed E-state index contributed by atoms with van der Waals surface area (Å²) in [4.78, 5) is 14.7. The zero-order valence-corrected chi connectivity index (χ0v) is 18.4. The van der Waals surface area contributed by atoms with Gasteiger partial charge in [-0.2, -0.15) is 10.2 Å². The molecule has 8 heteroatoms. The van der Waals surface area contributed by atoms with Crippen LogP contribution < -0.4 is 10.2 Å². The number of aryl methyl sites for hydroxylation is 2. The van der Waals surface area contributed by atoms with Crippen molar-refractivity contribution in [3.63, 3.8) is 0 Å². The van der Waals surface area contributed by atoms with Crippen molar-refractivity contribution in [1.82, 2.24) is 24.9 Å². The second-order valence-electron chi connectivity index (χ2n) is 7.48. The maximum Gasteiger partial charge on any atom is 0.281 e. The Kier molecular flexibility index (Phi) is 4.91. The molecule has 2 aromatic heterocycles. The van der Waals surface area contributed by atoms with Crippen LogP contribution in [0.25, 0.3) is 23.0 Å². The summed E-state index contributed by atoms with van der Waals surface area (Å²) < 4.78 is 3.48. The summed E-state index contributed by atoms with van der Waals surface area (Å²) in [7, 11) is 1.81. The Morgan fingerprint density at radius 3 is 2.31 bits per heavy atom. The number of hydrogen-bond acceptors (Lipinski definition) is 4. The predicted octanol–water partition coefficient (Wildman–Crippen LogP) is 3.84. The van der Waals surface area contributed by atoms with Crippen molar-refractivity contribution >= 4 is 35.0 Å². The van der Waals surface area contributed by atoms with Crippen LogP contribution in [0.3, 0.4) is 0 Å². The maximum atomic E-state index is 13.3. The van der Waals surface area contributed by atoms with Gasteiger partial charge in [0.2, 0.25) is 0 Å². The SMILES string of the molecule is Cc1nn(C)cc1N1C(=O)/C(=C\c2cn(-c3ccccc3)nc2-c2ccccc2)NC1=S. The Bertz CT molecular complexity index is 1350. The summed E-state index contributed by atoms with van der Waals surface area (Å²) in [6.07, 6.45) is 5.50. The quantitative estimate of drug-likeness (QED) is 0.386. The van der Waals surface area contributed by atoms with Crippen molar-refractivity contribution in [2.75, 3.05) is 4.90 Å². The van der Waals surface area contributed by atoms with Crippen molar-refractivity contribution < 1.29 is 4.79 Å². The lowest BCUT2D eigenvalue weighted by molar-refractivity contribution is -0.113. The summed E-state index contributed by atoms with van der Waals surface area (Å²) in [5.41, 5.74) is 5.27. The minimum Gasteiger partial charge on any atom is -0.327 e. The van der Waals surface area contributed by atoms with Crippen LogP contribution in [0.4, 0.5) is 5.69 Å². The van der Waals surface area contributed by atoms with Gasteiger partial charge in [0.15, 0.2) is 5.11 Å². The third kappa shape index (κ3) is 3.50. The van der Waals surface area contributed by atoms with Crippen LogP contribution in [-0.4, -0.2) is 30.6 Å². The molecule has 1 amide bonds. The van der Waals surface area contributed by atoms with Gasteiger partial charge in [0.25, 0.3) is 5.91 Å². The molecular weight excluding hydrogens is 420 g/mol. The average molecular weight is 441 g/mol. The molecule has 1 fully saturated rings. The van der Waals surface area contributed by atoms with E-state index in [2.05, 4.69) is 10.4 Å². The number of benzene rings is 2. The molecule has 5 rings (SSSR count). The van der Waals surface area contributed by atoms with E-state index < -0.39 is 0 Å². The van der Waals surface area contributed by atoms with Gasteiger partial charge in [0, 0.05) is 30.6 Å². The number of aromatic nitrogens is 4. The summed E-state index contributed by atoms with van der Waals surface area (Å²) in [6, 6.07) is 19.8. The molecule has 0 unspecified atom stereocenters. The number of hydrogen-bond donors (Lipinski definition) is 1. The lowest BCUT2D eigenvalue weighted by Gasteiger charge is -2.11. The zero-order chi connectivity index (χ0) is 22.2. The number of amides is 1. The van der Waals surface area contributed by atoms with E-state index >= 15 is 0 Å². The van der Waals surface area contributed by atoms with Crippen molar-refractivity contribution in [3.8, 4) is 16.9 Å². The summed E-state index contributed by atoms with van der Waals surface area (Å²) in [5, 5.41) is 12.5. The van der Waals surface area contributed by atoms with Gasteiger partial charge in [0.05, 0.1) is 17.1 Å². The maximum absolute atomic E-state index is 13.3. The first-order valence-corrected chi connectivity index (χ1v) is 10.5. The van der Waals surface area contributed by atoms with Gasteiger partial charge in [-0.15, -0.1) is 0 Å². The molecule has 0 aliphatic carbocycles. The monoisotopic (exact) mass is 440 g/mol. The summed E-state index contributed by atoms with van der Waals surface area (Å²) in [6.45, 7) is 1.85. The Hall–Kier alpha value is -4.04. The number of nitrogens with zero attached hydrogens (tertiary/aromatic N) is 5. The average Bonchev–Trinajstić information content (AvgIpc) is 3.45. The van der Waals surface area contributed by atoms with Crippen molar-refractivity contribution in [2.45, 2.75) is 6.92 Å². The molecule has 1 aliphatic heterocycles. The second-order valence-corrected chi connectivity index (χ2v) is 7.87. The van der Waals surface area contributed by atoms with Crippen LogP contribution in [0, 0.1) is 6.92 Å². The largest absolute Gasteiger partial charge is 0.327 e. The topological polar surface area (TPSA) is 68.0 Å². The van der Waals surface area contributed by atoms with E-state index in [-0.39, 0.29) is 5.91 Å². The van der Waals surface area contributed by atoms with Gasteiger partial charge < -0.3 is 5.32 Å². The van der Waals surface area contributed by atoms with Crippen LogP contribution in [0.5, 0.6) is 0 Å². The molecule has 4 aromatic rings. The molecule has 0 atom stereocenters. The number of carbonyl (C=O) groups is 1. The molecule has 158 valence electrons. The molecule has 0 spiro atoms. The molecule has 1 saturated heterocycles. The van der Waals surface area contributed by atoms with E-state index in [0.29, 0.717) is 16.5 Å². The fourth-order valence-electron chi connectivity index (χ4n) is 3.74. The van der Waals surface area contributed by atoms with E-state index in [4.69, 9.17) is 17.3 Å². The van der Waals surface area contributed by atoms with Crippen molar-refractivity contribution in [3.05, 3.63) is 90.0 Å². The normalized spacial score (nSPS) is 14.9. The van der Waals surface area contributed by atoms with E-state index in [1.54, 1.807) is 17.0 Å². The molecule has 1 aliphatic rings. The van der Waals surface area contributed by atoms with E-state index in [1.807, 2.05) is 85.5 Å².